The largest absolute Gasteiger partial charge is 0.471 e. The molecule has 0 aliphatic carbocycles. The van der Waals surface area contributed by atoms with Gasteiger partial charge < -0.3 is 19.9 Å². The van der Waals surface area contributed by atoms with Crippen molar-refractivity contribution in [2.75, 3.05) is 25.0 Å². The van der Waals surface area contributed by atoms with Crippen molar-refractivity contribution in [1.29, 1.82) is 0 Å². The number of aromatic nitrogens is 2. The van der Waals surface area contributed by atoms with Crippen molar-refractivity contribution in [3.05, 3.63) is 30.2 Å². The van der Waals surface area contributed by atoms with Crippen LogP contribution in [0, 0.1) is 0 Å². The lowest BCUT2D eigenvalue weighted by atomic mass is 10.2. The number of benzene rings is 1. The molecular weight excluding hydrogens is 329 g/mol. The Bertz CT molecular complexity index is 709. The van der Waals surface area contributed by atoms with Crippen molar-refractivity contribution in [1.82, 2.24) is 15.5 Å². The summed E-state index contributed by atoms with van der Waals surface area (Å²) in [6.45, 7) is 1.58. The van der Waals surface area contributed by atoms with Crippen molar-refractivity contribution in [3.63, 3.8) is 0 Å². The molecular formula is C14H13F3N4O3. The van der Waals surface area contributed by atoms with Crippen LogP contribution in [0.4, 0.5) is 18.9 Å². The average Bonchev–Trinajstić information content (AvgIpc) is 3.07. The number of rotatable bonds is 3. The van der Waals surface area contributed by atoms with Gasteiger partial charge in [-0.05, 0) is 24.3 Å². The number of morpholine rings is 1. The van der Waals surface area contributed by atoms with Gasteiger partial charge in [0.15, 0.2) is 0 Å². The van der Waals surface area contributed by atoms with Gasteiger partial charge in [0.05, 0.1) is 6.61 Å². The van der Waals surface area contributed by atoms with Gasteiger partial charge in [0.25, 0.3) is 5.91 Å². The molecule has 1 fully saturated rings. The van der Waals surface area contributed by atoms with Crippen molar-refractivity contribution in [3.8, 4) is 11.4 Å². The minimum absolute atomic E-state index is 0.181. The fraction of sp³-hybridized carbons (Fsp3) is 0.357. The van der Waals surface area contributed by atoms with Crippen LogP contribution in [0.2, 0.25) is 0 Å². The van der Waals surface area contributed by atoms with Crippen LogP contribution in [0.3, 0.4) is 0 Å². The maximum Gasteiger partial charge on any atom is 0.471 e. The van der Waals surface area contributed by atoms with E-state index in [1.54, 1.807) is 0 Å². The van der Waals surface area contributed by atoms with E-state index < -0.39 is 18.2 Å². The smallest absolute Gasteiger partial charge is 0.366 e. The number of anilines is 1. The second-order valence-electron chi connectivity index (χ2n) is 5.05. The summed E-state index contributed by atoms with van der Waals surface area (Å²) in [6, 6.07) is 6.04. The van der Waals surface area contributed by atoms with E-state index in [4.69, 9.17) is 4.74 Å². The SMILES string of the molecule is O=C(Nc1ccc(-c2noc(C(F)(F)F)n2)cc1)C1CNCCO1. The Labute approximate surface area is 134 Å². The number of amides is 1. The molecule has 10 heteroatoms. The van der Waals surface area contributed by atoms with E-state index in [9.17, 15) is 18.0 Å². The zero-order valence-corrected chi connectivity index (χ0v) is 12.3. The number of halogens is 3. The lowest BCUT2D eigenvalue weighted by Gasteiger charge is -2.22. The maximum absolute atomic E-state index is 12.4. The molecule has 1 aliphatic rings. The lowest BCUT2D eigenvalue weighted by Crippen LogP contribution is -2.45. The van der Waals surface area contributed by atoms with E-state index in [-0.39, 0.29) is 11.7 Å². The van der Waals surface area contributed by atoms with Gasteiger partial charge >= 0.3 is 12.1 Å². The molecule has 1 amide bonds. The number of carbonyl (C=O) groups is 1. The molecule has 1 atom stereocenters. The molecule has 0 radical (unpaired) electrons. The number of ether oxygens (including phenoxy) is 1. The van der Waals surface area contributed by atoms with Crippen LogP contribution in [0.1, 0.15) is 5.89 Å². The minimum atomic E-state index is -4.69. The van der Waals surface area contributed by atoms with Gasteiger partial charge in [-0.25, -0.2) is 0 Å². The van der Waals surface area contributed by atoms with Crippen molar-refractivity contribution >= 4 is 11.6 Å². The topological polar surface area (TPSA) is 89.3 Å². The molecule has 2 heterocycles. The Morgan fingerprint density at radius 3 is 2.62 bits per heavy atom. The number of hydrogen-bond acceptors (Lipinski definition) is 6. The van der Waals surface area contributed by atoms with Crippen LogP contribution in [0.5, 0.6) is 0 Å². The van der Waals surface area contributed by atoms with E-state index in [0.717, 1.165) is 0 Å². The Morgan fingerprint density at radius 1 is 1.29 bits per heavy atom. The molecule has 1 saturated heterocycles. The minimum Gasteiger partial charge on any atom is -0.366 e. The normalized spacial score (nSPS) is 18.4. The zero-order valence-electron chi connectivity index (χ0n) is 12.3. The maximum atomic E-state index is 12.4. The molecule has 1 aliphatic heterocycles. The summed E-state index contributed by atoms with van der Waals surface area (Å²) in [5.74, 6) is -1.88. The van der Waals surface area contributed by atoms with E-state index in [1.165, 1.54) is 24.3 Å². The van der Waals surface area contributed by atoms with Gasteiger partial charge in [0.2, 0.25) is 5.82 Å². The summed E-state index contributed by atoms with van der Waals surface area (Å²) in [6.07, 6.45) is -5.27. The van der Waals surface area contributed by atoms with Crippen molar-refractivity contribution in [2.24, 2.45) is 0 Å². The number of carbonyl (C=O) groups excluding carboxylic acids is 1. The summed E-state index contributed by atoms with van der Waals surface area (Å²) in [5.41, 5.74) is 0.820. The Morgan fingerprint density at radius 2 is 2.04 bits per heavy atom. The van der Waals surface area contributed by atoms with E-state index in [2.05, 4.69) is 25.3 Å². The first kappa shape index (κ1) is 16.4. The molecule has 2 N–H and O–H groups in total. The molecule has 128 valence electrons. The van der Waals surface area contributed by atoms with Crippen LogP contribution in [-0.2, 0) is 15.7 Å². The molecule has 1 aromatic carbocycles. The molecule has 0 saturated carbocycles. The first-order valence-corrected chi connectivity index (χ1v) is 7.08. The molecule has 1 unspecified atom stereocenters. The van der Waals surface area contributed by atoms with Crippen LogP contribution in [-0.4, -0.2) is 41.8 Å². The van der Waals surface area contributed by atoms with E-state index >= 15 is 0 Å². The van der Waals surface area contributed by atoms with Crippen molar-refractivity contribution < 1.29 is 27.2 Å². The standard InChI is InChI=1S/C14H13F3N4O3/c15-14(16,17)13-20-11(21-24-13)8-1-3-9(4-2-8)19-12(22)10-7-18-5-6-23-10/h1-4,10,18H,5-7H2,(H,19,22). The van der Waals surface area contributed by atoms with Gasteiger partial charge in [0.1, 0.15) is 6.10 Å². The third kappa shape index (κ3) is 3.71. The van der Waals surface area contributed by atoms with Gasteiger partial charge in [-0.2, -0.15) is 18.2 Å². The number of nitrogens with one attached hydrogen (secondary N) is 2. The predicted molar refractivity (Wildman–Crippen MR) is 76.0 cm³/mol. The fourth-order valence-electron chi connectivity index (χ4n) is 2.12. The summed E-state index contributed by atoms with van der Waals surface area (Å²) in [5, 5.41) is 9.01. The van der Waals surface area contributed by atoms with Gasteiger partial charge in [0, 0.05) is 24.3 Å². The van der Waals surface area contributed by atoms with Gasteiger partial charge in [-0.15, -0.1) is 0 Å². The first-order valence-electron chi connectivity index (χ1n) is 7.08. The second kappa shape index (κ2) is 6.57. The first-order chi connectivity index (χ1) is 11.4. The summed E-state index contributed by atoms with van der Waals surface area (Å²) >= 11 is 0. The zero-order chi connectivity index (χ0) is 17.2. The lowest BCUT2D eigenvalue weighted by molar-refractivity contribution is -0.159. The Hall–Kier alpha value is -2.46. The summed E-state index contributed by atoms with van der Waals surface area (Å²) in [7, 11) is 0. The predicted octanol–water partition coefficient (Wildman–Crippen LogP) is 1.68. The molecule has 7 nitrogen and oxygen atoms in total. The third-order valence-corrected chi connectivity index (χ3v) is 3.30. The molecule has 2 aromatic rings. The number of hydrogen-bond donors (Lipinski definition) is 2. The highest BCUT2D eigenvalue weighted by atomic mass is 19.4. The fourth-order valence-corrected chi connectivity index (χ4v) is 2.12. The molecule has 24 heavy (non-hydrogen) atoms. The van der Waals surface area contributed by atoms with Crippen LogP contribution in [0.15, 0.2) is 28.8 Å². The number of nitrogens with zero attached hydrogens (tertiary/aromatic N) is 2. The monoisotopic (exact) mass is 342 g/mol. The second-order valence-corrected chi connectivity index (χ2v) is 5.05. The van der Waals surface area contributed by atoms with Crippen LogP contribution in [0.25, 0.3) is 11.4 Å². The van der Waals surface area contributed by atoms with Crippen LogP contribution < -0.4 is 10.6 Å². The van der Waals surface area contributed by atoms with E-state index in [0.29, 0.717) is 30.9 Å². The van der Waals surface area contributed by atoms with Gasteiger partial charge in [-0.1, -0.05) is 5.16 Å². The third-order valence-electron chi connectivity index (χ3n) is 3.30. The highest BCUT2D eigenvalue weighted by molar-refractivity contribution is 5.94. The Balaban J connectivity index is 1.67. The molecule has 0 spiro atoms. The average molecular weight is 342 g/mol. The molecule has 0 bridgehead atoms. The quantitative estimate of drug-likeness (QED) is 0.882. The number of alkyl halides is 3. The highest BCUT2D eigenvalue weighted by Gasteiger charge is 2.38. The van der Waals surface area contributed by atoms with Crippen molar-refractivity contribution in [2.45, 2.75) is 12.3 Å². The van der Waals surface area contributed by atoms with Gasteiger partial charge in [-0.3, -0.25) is 4.79 Å². The van der Waals surface area contributed by atoms with E-state index in [1.807, 2.05) is 0 Å². The highest BCUT2D eigenvalue weighted by Crippen LogP contribution is 2.29. The molecule has 3 rings (SSSR count). The molecule has 1 aromatic heterocycles. The van der Waals surface area contributed by atoms with Crippen LogP contribution >= 0.6 is 0 Å². The Kier molecular flexibility index (Phi) is 4.49. The summed E-state index contributed by atoms with van der Waals surface area (Å²) < 4.78 is 46.8. The summed E-state index contributed by atoms with van der Waals surface area (Å²) in [4.78, 5) is 15.3.